The average Bonchev–Trinajstić information content (AvgIpc) is 2.91. The van der Waals surface area contributed by atoms with Gasteiger partial charge in [-0.2, -0.15) is 0 Å². The van der Waals surface area contributed by atoms with Crippen molar-refractivity contribution in [3.63, 3.8) is 0 Å². The second-order valence-corrected chi connectivity index (χ2v) is 16.3. The SMILES string of the molecule is O=C(CN1CCN2CC(=O)[O][Bi]3([O]C(=O)C2)[O]C(=O)CN(CC1)CC(=O)[O]3)NCc1ccc(C2OCCCO2)cc1. The Hall–Kier alpha value is -2.75. The quantitative estimate of drug-likeness (QED) is 0.337. The smallest absolute Gasteiger partial charge is 0.348 e. The Morgan fingerprint density at radius 2 is 1.24 bits per heavy atom. The minimum atomic E-state index is -5.66. The molecule has 3 bridgehead atoms. The van der Waals surface area contributed by atoms with Gasteiger partial charge in [-0.05, 0) is 6.42 Å². The van der Waals surface area contributed by atoms with E-state index >= 15 is 0 Å². The molecular weight excluding hydrogens is 741 g/mol. The van der Waals surface area contributed by atoms with Gasteiger partial charge >= 0.3 is 178 Å². The predicted octanol–water partition coefficient (Wildman–Crippen LogP) is -1.71. The Kier molecular flexibility index (Phi) is 9.78. The number of nitrogens with one attached hydrogen (secondary N) is 1. The van der Waals surface area contributed by atoms with Crippen LogP contribution in [0, 0.1) is 0 Å². The molecule has 1 spiro atoms. The minimum Gasteiger partial charge on any atom is -0.348 e. The molecule has 7 fully saturated rings. The third-order valence-electron chi connectivity index (χ3n) is 6.67. The summed E-state index contributed by atoms with van der Waals surface area (Å²) in [5, 5.41) is 2.90. The van der Waals surface area contributed by atoms with E-state index in [1.165, 1.54) is 9.80 Å². The molecule has 1 aromatic rings. The van der Waals surface area contributed by atoms with Gasteiger partial charge < -0.3 is 9.47 Å². The van der Waals surface area contributed by atoms with E-state index < -0.39 is 45.9 Å². The van der Waals surface area contributed by atoms with Gasteiger partial charge in [-0.15, -0.1) is 0 Å². The molecular formula is C25H32BiN4O11. The number of nitrogens with zero attached hydrogens (tertiary/aromatic N) is 3. The maximum atomic E-state index is 12.9. The molecule has 1 amide bonds. The van der Waals surface area contributed by atoms with Crippen LogP contribution in [0.15, 0.2) is 24.3 Å². The van der Waals surface area contributed by atoms with Crippen molar-refractivity contribution >= 4 is 51.8 Å². The number of hydrogen-bond donors (Lipinski definition) is 1. The summed E-state index contributed by atoms with van der Waals surface area (Å²) in [4.78, 5) is 68.1. The number of rotatable bonds is 5. The van der Waals surface area contributed by atoms with E-state index in [-0.39, 0.29) is 58.0 Å². The topological polar surface area (TPSA) is 162 Å². The van der Waals surface area contributed by atoms with Crippen molar-refractivity contribution in [1.29, 1.82) is 0 Å². The van der Waals surface area contributed by atoms with Crippen LogP contribution in [0.2, 0.25) is 0 Å². The molecule has 0 atom stereocenters. The standard InChI is InChI=1S/C25H36N4O11.Bi/c30-20(26-12-18-2-4-19(5-3-18)25-39-10-1-11-40-25)13-27(6-8-28(14-21(31)32)15-22(33)34)7-9-29(16-23(35)36)17-24(37)38;/h2-5,25H,1,6-17H2,(H,26,30)(H,31,32)(H,33,34)(H,35,36)(H,37,38);/q;+4/p-4. The Bertz CT molecular complexity index is 1070. The van der Waals surface area contributed by atoms with Crippen molar-refractivity contribution in [1.82, 2.24) is 20.0 Å². The number of benzene rings is 1. The summed E-state index contributed by atoms with van der Waals surface area (Å²) in [5.41, 5.74) is 1.81. The summed E-state index contributed by atoms with van der Waals surface area (Å²) in [7, 11) is 0. The van der Waals surface area contributed by atoms with Gasteiger partial charge in [0.2, 0.25) is 0 Å². The molecule has 8 rings (SSSR count). The molecule has 41 heavy (non-hydrogen) atoms. The fourth-order valence-electron chi connectivity index (χ4n) is 4.65. The fourth-order valence-corrected chi connectivity index (χ4v) is 10.3. The van der Waals surface area contributed by atoms with Crippen LogP contribution in [0.25, 0.3) is 0 Å². The van der Waals surface area contributed by atoms with Crippen LogP contribution in [0.4, 0.5) is 0 Å². The molecule has 0 saturated carbocycles. The van der Waals surface area contributed by atoms with Gasteiger partial charge in [-0.25, -0.2) is 0 Å². The second kappa shape index (κ2) is 13.5. The Labute approximate surface area is 242 Å². The van der Waals surface area contributed by atoms with Crippen LogP contribution in [-0.2, 0) is 51.2 Å². The van der Waals surface area contributed by atoms with Crippen molar-refractivity contribution in [3.8, 4) is 0 Å². The number of ether oxygens (including phenoxy) is 2. The summed E-state index contributed by atoms with van der Waals surface area (Å²) >= 11 is -5.66. The van der Waals surface area contributed by atoms with Gasteiger partial charge in [-0.1, -0.05) is 24.3 Å². The molecule has 7 saturated heterocycles. The first-order chi connectivity index (χ1) is 19.7. The third kappa shape index (κ3) is 8.40. The molecule has 7 aliphatic heterocycles. The first-order valence-corrected chi connectivity index (χ1v) is 19.0. The van der Waals surface area contributed by atoms with E-state index in [0.717, 1.165) is 17.5 Å². The van der Waals surface area contributed by atoms with Gasteiger partial charge in [-0.3, -0.25) is 0 Å². The van der Waals surface area contributed by atoms with E-state index in [1.54, 1.807) is 0 Å². The van der Waals surface area contributed by atoms with Crippen LogP contribution < -0.4 is 5.32 Å². The normalized spacial score (nSPS) is 28.4. The molecule has 223 valence electrons. The first kappa shape index (κ1) is 29.7. The van der Waals surface area contributed by atoms with Crippen LogP contribution in [0.5, 0.6) is 0 Å². The molecule has 7 heterocycles. The average molecular weight is 774 g/mol. The number of carbonyl (C=O) groups is 5. The van der Waals surface area contributed by atoms with Gasteiger partial charge in [0.15, 0.2) is 6.29 Å². The summed E-state index contributed by atoms with van der Waals surface area (Å²) in [6, 6.07) is 7.62. The van der Waals surface area contributed by atoms with Crippen molar-refractivity contribution in [2.75, 3.05) is 72.1 Å². The van der Waals surface area contributed by atoms with Gasteiger partial charge in [0.05, 0.1) is 13.2 Å². The molecule has 1 N–H and O–H groups in total. The summed E-state index contributed by atoms with van der Waals surface area (Å²) < 4.78 is 32.2. The van der Waals surface area contributed by atoms with E-state index in [1.807, 2.05) is 29.2 Å². The van der Waals surface area contributed by atoms with E-state index in [0.29, 0.717) is 32.8 Å². The molecule has 7 aliphatic rings. The number of carbonyl (C=O) groups excluding carboxylic acids is 5. The molecule has 0 unspecified atom stereocenters. The Balaban J connectivity index is 1.23. The Morgan fingerprint density at radius 3 is 1.73 bits per heavy atom. The van der Waals surface area contributed by atoms with E-state index in [2.05, 4.69) is 5.32 Å². The molecule has 0 aromatic heterocycles. The molecule has 1 aromatic carbocycles. The summed E-state index contributed by atoms with van der Waals surface area (Å²) in [6.07, 6.45) is 0.490. The zero-order valence-corrected chi connectivity index (χ0v) is 25.8. The molecule has 15 nitrogen and oxygen atoms in total. The molecule has 1 radical (unpaired) electrons. The van der Waals surface area contributed by atoms with Crippen molar-refractivity contribution in [2.45, 2.75) is 19.3 Å². The van der Waals surface area contributed by atoms with Crippen molar-refractivity contribution < 1.29 is 44.7 Å². The van der Waals surface area contributed by atoms with Gasteiger partial charge in [0.1, 0.15) is 0 Å². The van der Waals surface area contributed by atoms with Crippen LogP contribution in [0.1, 0.15) is 23.8 Å². The van der Waals surface area contributed by atoms with Crippen molar-refractivity contribution in [3.05, 3.63) is 35.4 Å². The Morgan fingerprint density at radius 1 is 0.756 bits per heavy atom. The number of hydrogen-bond acceptors (Lipinski definition) is 14. The van der Waals surface area contributed by atoms with Gasteiger partial charge in [0, 0.05) is 5.56 Å². The minimum absolute atomic E-state index is 0.00707. The third-order valence-corrected chi connectivity index (χ3v) is 13.3. The predicted molar refractivity (Wildman–Crippen MR) is 137 cm³/mol. The summed E-state index contributed by atoms with van der Waals surface area (Å²) in [5.74, 6) is -3.57. The maximum absolute atomic E-state index is 12.9. The molecule has 16 heteroatoms. The monoisotopic (exact) mass is 773 g/mol. The number of amides is 1. The zero-order chi connectivity index (χ0) is 28.8. The van der Waals surface area contributed by atoms with Crippen LogP contribution in [0.3, 0.4) is 0 Å². The summed E-state index contributed by atoms with van der Waals surface area (Å²) in [6.45, 7) is 1.57. The van der Waals surface area contributed by atoms with Crippen LogP contribution >= 0.6 is 0 Å². The van der Waals surface area contributed by atoms with Crippen molar-refractivity contribution in [2.24, 2.45) is 0 Å². The van der Waals surface area contributed by atoms with Gasteiger partial charge in [0.25, 0.3) is 0 Å². The second-order valence-electron chi connectivity index (χ2n) is 9.94. The molecule has 0 aliphatic carbocycles. The fraction of sp³-hybridized carbons (Fsp3) is 0.560. The first-order valence-electron chi connectivity index (χ1n) is 13.3. The zero-order valence-electron chi connectivity index (χ0n) is 22.4. The van der Waals surface area contributed by atoms with E-state index in [4.69, 9.17) is 20.7 Å². The van der Waals surface area contributed by atoms with E-state index in [9.17, 15) is 24.0 Å². The van der Waals surface area contributed by atoms with Crippen LogP contribution in [-0.4, -0.2) is 139 Å².